The van der Waals surface area contributed by atoms with Gasteiger partial charge in [0, 0.05) is 30.0 Å². The van der Waals surface area contributed by atoms with Gasteiger partial charge in [-0.15, -0.1) is 0 Å². The lowest BCUT2D eigenvalue weighted by atomic mass is 10.2. The van der Waals surface area contributed by atoms with Crippen LogP contribution in [0.3, 0.4) is 0 Å². The van der Waals surface area contributed by atoms with Gasteiger partial charge in [-0.25, -0.2) is 9.18 Å². The summed E-state index contributed by atoms with van der Waals surface area (Å²) >= 11 is 0. The van der Waals surface area contributed by atoms with E-state index in [4.69, 9.17) is 18.9 Å². The van der Waals surface area contributed by atoms with Gasteiger partial charge >= 0.3 is 5.97 Å². The lowest BCUT2D eigenvalue weighted by Crippen LogP contribution is -2.21. The maximum absolute atomic E-state index is 13.8. The first-order valence-corrected chi connectivity index (χ1v) is 7.50. The average molecular weight is 363 g/mol. The first kappa shape index (κ1) is 19.0. The SMILES string of the molecule is COc1cc(NC(=O)COC(=O)c2ccc(OC)cc2F)cc(OC)c1. The van der Waals surface area contributed by atoms with Crippen molar-refractivity contribution >= 4 is 17.6 Å². The summed E-state index contributed by atoms with van der Waals surface area (Å²) in [5, 5.41) is 2.54. The van der Waals surface area contributed by atoms with E-state index in [-0.39, 0.29) is 11.3 Å². The highest BCUT2D eigenvalue weighted by Crippen LogP contribution is 2.25. The Morgan fingerprint density at radius 1 is 0.923 bits per heavy atom. The molecule has 0 bridgehead atoms. The van der Waals surface area contributed by atoms with Crippen LogP contribution in [0.1, 0.15) is 10.4 Å². The van der Waals surface area contributed by atoms with Gasteiger partial charge in [0.1, 0.15) is 23.1 Å². The molecule has 0 atom stereocenters. The van der Waals surface area contributed by atoms with Gasteiger partial charge in [-0.1, -0.05) is 0 Å². The molecular weight excluding hydrogens is 345 g/mol. The molecule has 0 spiro atoms. The van der Waals surface area contributed by atoms with E-state index >= 15 is 0 Å². The van der Waals surface area contributed by atoms with Crippen molar-refractivity contribution in [3.8, 4) is 17.2 Å². The molecule has 26 heavy (non-hydrogen) atoms. The highest BCUT2D eigenvalue weighted by atomic mass is 19.1. The van der Waals surface area contributed by atoms with Crippen molar-refractivity contribution < 1.29 is 32.9 Å². The molecular formula is C18H18FNO6. The van der Waals surface area contributed by atoms with Crippen LogP contribution in [0.2, 0.25) is 0 Å². The van der Waals surface area contributed by atoms with Gasteiger partial charge in [0.25, 0.3) is 5.91 Å². The Morgan fingerprint density at radius 3 is 2.08 bits per heavy atom. The summed E-state index contributed by atoms with van der Waals surface area (Å²) in [6, 6.07) is 8.49. The maximum Gasteiger partial charge on any atom is 0.341 e. The fraction of sp³-hybridized carbons (Fsp3) is 0.222. The normalized spacial score (nSPS) is 10.0. The van der Waals surface area contributed by atoms with Gasteiger partial charge in [-0.3, -0.25) is 4.79 Å². The summed E-state index contributed by atoms with van der Waals surface area (Å²) < 4.78 is 33.7. The summed E-state index contributed by atoms with van der Waals surface area (Å²) in [7, 11) is 4.34. The van der Waals surface area contributed by atoms with Crippen molar-refractivity contribution in [2.75, 3.05) is 33.3 Å². The number of ether oxygens (including phenoxy) is 4. The van der Waals surface area contributed by atoms with Gasteiger partial charge in [0.05, 0.1) is 26.9 Å². The largest absolute Gasteiger partial charge is 0.497 e. The van der Waals surface area contributed by atoms with Gasteiger partial charge in [0.2, 0.25) is 0 Å². The second kappa shape index (κ2) is 8.70. The first-order chi connectivity index (χ1) is 12.5. The zero-order valence-electron chi connectivity index (χ0n) is 14.5. The van der Waals surface area contributed by atoms with Gasteiger partial charge in [-0.2, -0.15) is 0 Å². The van der Waals surface area contributed by atoms with Gasteiger partial charge < -0.3 is 24.3 Å². The zero-order valence-corrected chi connectivity index (χ0v) is 14.5. The Hall–Kier alpha value is -3.29. The molecule has 1 N–H and O–H groups in total. The molecule has 0 aliphatic carbocycles. The molecule has 8 heteroatoms. The third-order valence-corrected chi connectivity index (χ3v) is 3.37. The Balaban J connectivity index is 1.97. The lowest BCUT2D eigenvalue weighted by molar-refractivity contribution is -0.119. The van der Waals surface area contributed by atoms with Crippen molar-refractivity contribution in [1.29, 1.82) is 0 Å². The van der Waals surface area contributed by atoms with E-state index in [1.165, 1.54) is 33.5 Å². The van der Waals surface area contributed by atoms with E-state index in [1.54, 1.807) is 18.2 Å². The standard InChI is InChI=1S/C18H18FNO6/c1-23-12-4-5-15(16(19)9-12)18(22)26-10-17(21)20-11-6-13(24-2)8-14(7-11)25-3/h4-9H,10H2,1-3H3,(H,20,21). The Morgan fingerprint density at radius 2 is 1.54 bits per heavy atom. The highest BCUT2D eigenvalue weighted by molar-refractivity contribution is 5.95. The van der Waals surface area contributed by atoms with Crippen molar-refractivity contribution in [1.82, 2.24) is 0 Å². The van der Waals surface area contributed by atoms with Crippen LogP contribution < -0.4 is 19.5 Å². The average Bonchev–Trinajstić information content (AvgIpc) is 2.65. The number of hydrogen-bond acceptors (Lipinski definition) is 6. The van der Waals surface area contributed by atoms with Crippen molar-refractivity contribution in [2.24, 2.45) is 0 Å². The minimum absolute atomic E-state index is 0.267. The fourth-order valence-corrected chi connectivity index (χ4v) is 2.07. The monoisotopic (exact) mass is 363 g/mol. The number of halogens is 1. The molecule has 2 aromatic carbocycles. The number of benzene rings is 2. The molecule has 0 heterocycles. The van der Waals surface area contributed by atoms with Crippen molar-refractivity contribution in [3.63, 3.8) is 0 Å². The molecule has 138 valence electrons. The van der Waals surface area contributed by atoms with Crippen LogP contribution in [-0.2, 0) is 9.53 Å². The molecule has 0 radical (unpaired) electrons. The number of hydrogen-bond donors (Lipinski definition) is 1. The van der Waals surface area contributed by atoms with Crippen LogP contribution in [-0.4, -0.2) is 39.8 Å². The summed E-state index contributed by atoms with van der Waals surface area (Å²) in [5.41, 5.74) is 0.111. The topological polar surface area (TPSA) is 83.1 Å². The van der Waals surface area contributed by atoms with Crippen LogP contribution in [0.25, 0.3) is 0 Å². The molecule has 7 nitrogen and oxygen atoms in total. The molecule has 1 amide bonds. The third kappa shape index (κ3) is 4.85. The van der Waals surface area contributed by atoms with Crippen LogP contribution in [0.15, 0.2) is 36.4 Å². The smallest absolute Gasteiger partial charge is 0.341 e. The number of carbonyl (C=O) groups excluding carboxylic acids is 2. The fourth-order valence-electron chi connectivity index (χ4n) is 2.07. The molecule has 0 aliphatic heterocycles. The van der Waals surface area contributed by atoms with E-state index in [9.17, 15) is 14.0 Å². The predicted octanol–water partition coefficient (Wildman–Crippen LogP) is 2.65. The summed E-state index contributed by atoms with van der Waals surface area (Å²) in [6.45, 7) is -0.580. The Kier molecular flexibility index (Phi) is 6.37. The number of nitrogens with one attached hydrogen (secondary N) is 1. The highest BCUT2D eigenvalue weighted by Gasteiger charge is 2.16. The number of anilines is 1. The van der Waals surface area contributed by atoms with Crippen LogP contribution in [0.5, 0.6) is 17.2 Å². The molecule has 0 aromatic heterocycles. The molecule has 0 unspecified atom stereocenters. The molecule has 0 saturated heterocycles. The summed E-state index contributed by atoms with van der Waals surface area (Å²) in [5.74, 6) is -1.11. The van der Waals surface area contributed by atoms with Gasteiger partial charge in [0.15, 0.2) is 6.61 Å². The second-order valence-corrected chi connectivity index (χ2v) is 5.07. The predicted molar refractivity (Wildman–Crippen MR) is 91.4 cm³/mol. The van der Waals surface area contributed by atoms with Crippen LogP contribution in [0.4, 0.5) is 10.1 Å². The number of amides is 1. The second-order valence-electron chi connectivity index (χ2n) is 5.07. The minimum Gasteiger partial charge on any atom is -0.497 e. The summed E-state index contributed by atoms with van der Waals surface area (Å²) in [6.07, 6.45) is 0. The van der Waals surface area contributed by atoms with E-state index in [0.717, 1.165) is 6.07 Å². The third-order valence-electron chi connectivity index (χ3n) is 3.37. The van der Waals surface area contributed by atoms with E-state index in [2.05, 4.69) is 5.32 Å². The van der Waals surface area contributed by atoms with Crippen molar-refractivity contribution in [3.05, 3.63) is 47.8 Å². The van der Waals surface area contributed by atoms with Crippen LogP contribution in [0, 0.1) is 5.82 Å². The molecule has 0 fully saturated rings. The molecule has 0 saturated carbocycles. The quantitative estimate of drug-likeness (QED) is 0.762. The number of rotatable bonds is 7. The van der Waals surface area contributed by atoms with E-state index in [1.807, 2.05) is 0 Å². The molecule has 2 aromatic rings. The minimum atomic E-state index is -0.955. The summed E-state index contributed by atoms with van der Waals surface area (Å²) in [4.78, 5) is 23.8. The first-order valence-electron chi connectivity index (χ1n) is 7.50. The Labute approximate surface area is 149 Å². The lowest BCUT2D eigenvalue weighted by Gasteiger charge is -2.10. The number of methoxy groups -OCH3 is 3. The number of carbonyl (C=O) groups is 2. The van der Waals surface area contributed by atoms with E-state index in [0.29, 0.717) is 17.2 Å². The number of esters is 1. The maximum atomic E-state index is 13.8. The van der Waals surface area contributed by atoms with Gasteiger partial charge in [-0.05, 0) is 12.1 Å². The molecule has 0 aliphatic rings. The van der Waals surface area contributed by atoms with E-state index < -0.39 is 24.3 Å². The van der Waals surface area contributed by atoms with Crippen LogP contribution >= 0.6 is 0 Å². The Bertz CT molecular complexity index is 786. The van der Waals surface area contributed by atoms with Crippen molar-refractivity contribution in [2.45, 2.75) is 0 Å². The zero-order chi connectivity index (χ0) is 19.1. The molecule has 2 rings (SSSR count).